The van der Waals surface area contributed by atoms with E-state index in [4.69, 9.17) is 19.4 Å². The maximum Gasteiger partial charge on any atom is 0.167 e. The summed E-state index contributed by atoms with van der Waals surface area (Å²) in [6.45, 7) is 8.94. The highest BCUT2D eigenvalue weighted by Gasteiger charge is 2.19. The summed E-state index contributed by atoms with van der Waals surface area (Å²) < 4.78 is 11.1. The van der Waals surface area contributed by atoms with Crippen molar-refractivity contribution >= 4 is 0 Å². The van der Waals surface area contributed by atoms with Crippen LogP contribution < -0.4 is 4.74 Å². The zero-order chi connectivity index (χ0) is 27.9. The summed E-state index contributed by atoms with van der Waals surface area (Å²) in [5, 5.41) is 31.5. The lowest BCUT2D eigenvalue weighted by Gasteiger charge is -2.15. The number of ether oxygens (including phenoxy) is 2. The van der Waals surface area contributed by atoms with Crippen LogP contribution in [0.5, 0.6) is 17.2 Å². The third-order valence-electron chi connectivity index (χ3n) is 6.29. The van der Waals surface area contributed by atoms with E-state index in [2.05, 4.69) is 24.0 Å². The number of phenols is 2. The van der Waals surface area contributed by atoms with E-state index in [-0.39, 0.29) is 30.5 Å². The predicted molar refractivity (Wildman–Crippen MR) is 151 cm³/mol. The second-order valence-corrected chi connectivity index (χ2v) is 9.67. The second-order valence-electron chi connectivity index (χ2n) is 9.67. The lowest BCUT2D eigenvalue weighted by molar-refractivity contribution is 0.0113. The Bertz CT molecular complexity index is 1420. The van der Waals surface area contributed by atoms with Gasteiger partial charge in [-0.25, -0.2) is 15.0 Å². The number of hydrogen-bond donors (Lipinski definition) is 3. The van der Waals surface area contributed by atoms with Gasteiger partial charge in [-0.15, -0.1) is 0 Å². The first kappa shape index (κ1) is 28.0. The van der Waals surface area contributed by atoms with E-state index in [1.54, 1.807) is 36.4 Å². The Labute approximate surface area is 229 Å². The third kappa shape index (κ3) is 6.90. The number of aromatic hydroxyl groups is 2. The smallest absolute Gasteiger partial charge is 0.167 e. The molecule has 0 spiro atoms. The van der Waals surface area contributed by atoms with Gasteiger partial charge in [0.05, 0.1) is 17.7 Å². The van der Waals surface area contributed by atoms with E-state index >= 15 is 0 Å². The molecule has 0 aliphatic carbocycles. The highest BCUT2D eigenvalue weighted by atomic mass is 16.5. The van der Waals surface area contributed by atoms with Crippen molar-refractivity contribution in [2.45, 2.75) is 46.6 Å². The molecule has 8 nitrogen and oxygen atoms in total. The zero-order valence-corrected chi connectivity index (χ0v) is 22.8. The number of rotatable bonds is 11. The van der Waals surface area contributed by atoms with E-state index in [0.717, 1.165) is 35.1 Å². The first-order valence-corrected chi connectivity index (χ1v) is 13.1. The van der Waals surface area contributed by atoms with Gasteiger partial charge in [-0.1, -0.05) is 43.2 Å². The van der Waals surface area contributed by atoms with E-state index in [1.165, 1.54) is 6.07 Å². The minimum Gasteiger partial charge on any atom is -0.507 e. The summed E-state index contributed by atoms with van der Waals surface area (Å²) in [6, 6.07) is 15.8. The molecule has 1 unspecified atom stereocenters. The lowest BCUT2D eigenvalue weighted by atomic mass is 9.99. The molecule has 0 saturated heterocycles. The highest BCUT2D eigenvalue weighted by molar-refractivity contribution is 5.74. The molecule has 1 heterocycles. The van der Waals surface area contributed by atoms with Crippen molar-refractivity contribution in [3.63, 3.8) is 0 Å². The Morgan fingerprint density at radius 2 is 1.41 bits per heavy atom. The molecule has 0 aliphatic heterocycles. The van der Waals surface area contributed by atoms with Crippen molar-refractivity contribution in [2.75, 3.05) is 19.8 Å². The molecule has 4 aromatic rings. The van der Waals surface area contributed by atoms with Crippen molar-refractivity contribution in [3.05, 3.63) is 71.3 Å². The lowest BCUT2D eigenvalue weighted by Crippen LogP contribution is -2.23. The van der Waals surface area contributed by atoms with E-state index < -0.39 is 6.10 Å². The summed E-state index contributed by atoms with van der Waals surface area (Å²) in [5.74, 6) is 1.34. The Balaban J connectivity index is 1.68. The van der Waals surface area contributed by atoms with E-state index in [1.807, 2.05) is 20.8 Å². The maximum atomic E-state index is 10.9. The largest absolute Gasteiger partial charge is 0.507 e. The normalized spacial score (nSPS) is 11.9. The van der Waals surface area contributed by atoms with Crippen molar-refractivity contribution in [1.82, 2.24) is 15.0 Å². The van der Waals surface area contributed by atoms with Gasteiger partial charge in [-0.05, 0) is 62.6 Å². The van der Waals surface area contributed by atoms with Gasteiger partial charge in [0.25, 0.3) is 0 Å². The monoisotopic (exact) mass is 529 g/mol. The minimum atomic E-state index is -0.781. The van der Waals surface area contributed by atoms with Crippen LogP contribution in [0.15, 0.2) is 54.6 Å². The first-order chi connectivity index (χ1) is 18.8. The molecule has 3 aromatic carbocycles. The van der Waals surface area contributed by atoms with Crippen LogP contribution in [0.3, 0.4) is 0 Å². The summed E-state index contributed by atoms with van der Waals surface area (Å²) in [5.41, 5.74) is 4.87. The van der Waals surface area contributed by atoms with Gasteiger partial charge < -0.3 is 24.8 Å². The van der Waals surface area contributed by atoms with Crippen molar-refractivity contribution in [2.24, 2.45) is 0 Å². The average molecular weight is 530 g/mol. The first-order valence-electron chi connectivity index (χ1n) is 13.1. The topological polar surface area (TPSA) is 118 Å². The van der Waals surface area contributed by atoms with Gasteiger partial charge in [-0.3, -0.25) is 0 Å². The van der Waals surface area contributed by atoms with Gasteiger partial charge in [-0.2, -0.15) is 0 Å². The number of nitrogens with zero attached hydrogens (tertiary/aromatic N) is 3. The Kier molecular flexibility index (Phi) is 9.11. The SMILES string of the molecule is CCCCOCC(O)COc1ccc(-c2nc(-c3ccccc3O)nc(-c3c(C)cc(C)cc3C)n2)c(O)c1. The van der Waals surface area contributed by atoms with Crippen LogP contribution in [0, 0.1) is 20.8 Å². The van der Waals surface area contributed by atoms with Crippen LogP contribution in [-0.2, 0) is 4.74 Å². The molecule has 39 heavy (non-hydrogen) atoms. The Hall–Kier alpha value is -4.01. The number of aromatic nitrogens is 3. The van der Waals surface area contributed by atoms with E-state index in [9.17, 15) is 15.3 Å². The van der Waals surface area contributed by atoms with Crippen LogP contribution in [0.2, 0.25) is 0 Å². The third-order valence-corrected chi connectivity index (χ3v) is 6.29. The zero-order valence-electron chi connectivity index (χ0n) is 22.8. The fourth-order valence-corrected chi connectivity index (χ4v) is 4.42. The number of phenolic OH excluding ortho intramolecular Hbond substituents is 2. The summed E-state index contributed by atoms with van der Waals surface area (Å²) in [6.07, 6.45) is 1.19. The molecule has 0 saturated carbocycles. The molecule has 1 aromatic heterocycles. The van der Waals surface area contributed by atoms with Crippen molar-refractivity contribution in [1.29, 1.82) is 0 Å². The Morgan fingerprint density at radius 3 is 2.05 bits per heavy atom. The summed E-state index contributed by atoms with van der Waals surface area (Å²) in [7, 11) is 0. The molecule has 0 radical (unpaired) electrons. The molecule has 0 aliphatic rings. The fraction of sp³-hybridized carbons (Fsp3) is 0.323. The van der Waals surface area contributed by atoms with Gasteiger partial charge in [0.2, 0.25) is 0 Å². The molecule has 0 amide bonds. The number of unbranched alkanes of at least 4 members (excludes halogenated alkanes) is 1. The van der Waals surface area contributed by atoms with Gasteiger partial charge in [0, 0.05) is 18.2 Å². The van der Waals surface area contributed by atoms with Gasteiger partial charge in [0.15, 0.2) is 17.5 Å². The summed E-state index contributed by atoms with van der Waals surface area (Å²) in [4.78, 5) is 14.1. The molecular weight excluding hydrogens is 494 g/mol. The van der Waals surface area contributed by atoms with Crippen LogP contribution in [0.1, 0.15) is 36.5 Å². The number of aliphatic hydroxyl groups excluding tert-OH is 1. The second kappa shape index (κ2) is 12.7. The molecular formula is C31H35N3O5. The standard InChI is InChI=1S/C31H35N3O5/c1-5-6-13-38-17-22(35)18-39-23-11-12-25(27(37)16-23)30-32-29(24-9-7-8-10-26(24)36)33-31(34-30)28-20(3)14-19(2)15-21(28)4/h7-12,14-16,22,35-37H,5-6,13,17-18H2,1-4H3. The van der Waals surface area contributed by atoms with Crippen LogP contribution in [0.25, 0.3) is 34.2 Å². The summed E-state index contributed by atoms with van der Waals surface area (Å²) >= 11 is 0. The van der Waals surface area contributed by atoms with E-state index in [0.29, 0.717) is 35.1 Å². The molecule has 204 valence electrons. The fourth-order valence-electron chi connectivity index (χ4n) is 4.42. The predicted octanol–water partition coefficient (Wildman–Crippen LogP) is 5.77. The van der Waals surface area contributed by atoms with Crippen molar-refractivity contribution in [3.8, 4) is 51.4 Å². The number of para-hydroxylation sites is 1. The van der Waals surface area contributed by atoms with Gasteiger partial charge >= 0.3 is 0 Å². The number of benzene rings is 3. The van der Waals surface area contributed by atoms with Crippen LogP contribution in [-0.4, -0.2) is 56.2 Å². The average Bonchev–Trinajstić information content (AvgIpc) is 2.89. The molecule has 1 atom stereocenters. The molecule has 0 fully saturated rings. The number of aryl methyl sites for hydroxylation is 3. The molecule has 4 rings (SSSR count). The maximum absolute atomic E-state index is 10.9. The van der Waals surface area contributed by atoms with Crippen LogP contribution in [0.4, 0.5) is 0 Å². The van der Waals surface area contributed by atoms with Crippen molar-refractivity contribution < 1.29 is 24.8 Å². The number of hydrogen-bond acceptors (Lipinski definition) is 8. The molecule has 8 heteroatoms. The minimum absolute atomic E-state index is 0.0320. The van der Waals surface area contributed by atoms with Gasteiger partial charge in [0.1, 0.15) is 30.0 Å². The Morgan fingerprint density at radius 1 is 0.769 bits per heavy atom. The quantitative estimate of drug-likeness (QED) is 0.210. The molecule has 3 N–H and O–H groups in total. The highest BCUT2D eigenvalue weighted by Crippen LogP contribution is 2.35. The number of aliphatic hydroxyl groups is 1. The molecule has 0 bridgehead atoms. The van der Waals surface area contributed by atoms with Crippen LogP contribution >= 0.6 is 0 Å².